The van der Waals surface area contributed by atoms with Gasteiger partial charge in [-0.05, 0) is 22.0 Å². The van der Waals surface area contributed by atoms with Crippen LogP contribution in [0.1, 0.15) is 6.92 Å². The second kappa shape index (κ2) is 6.41. The summed E-state index contributed by atoms with van der Waals surface area (Å²) in [5.41, 5.74) is 0. The smallest absolute Gasteiger partial charge is 0.232 e. The van der Waals surface area contributed by atoms with Gasteiger partial charge in [0.2, 0.25) is 9.05 Å². The lowest BCUT2D eigenvalue weighted by Gasteiger charge is -2.13. The fraction of sp³-hybridized carbons (Fsp3) is 0.400. The predicted octanol–water partition coefficient (Wildman–Crippen LogP) is 3.83. The number of rotatable bonds is 5. The van der Waals surface area contributed by atoms with Crippen LogP contribution in [0.15, 0.2) is 16.6 Å². The molecule has 1 unspecified atom stereocenters. The van der Waals surface area contributed by atoms with E-state index < -0.39 is 14.9 Å². The minimum absolute atomic E-state index is 0.0226. The lowest BCUT2D eigenvalue weighted by Crippen LogP contribution is -2.16. The van der Waals surface area contributed by atoms with E-state index in [1.165, 1.54) is 6.07 Å². The Morgan fingerprint density at radius 2 is 2.11 bits per heavy atom. The van der Waals surface area contributed by atoms with Crippen molar-refractivity contribution in [2.24, 2.45) is 5.92 Å². The summed E-state index contributed by atoms with van der Waals surface area (Å²) >= 11 is 8.75. The normalized spacial score (nSPS) is 13.4. The van der Waals surface area contributed by atoms with E-state index in [9.17, 15) is 12.8 Å². The number of benzene rings is 1. The Kier molecular flexibility index (Phi) is 5.70. The van der Waals surface area contributed by atoms with Gasteiger partial charge in [0.05, 0.1) is 21.9 Å². The Morgan fingerprint density at radius 1 is 1.50 bits per heavy atom. The van der Waals surface area contributed by atoms with Gasteiger partial charge in [0.25, 0.3) is 0 Å². The van der Waals surface area contributed by atoms with Gasteiger partial charge in [0.1, 0.15) is 11.6 Å². The van der Waals surface area contributed by atoms with Gasteiger partial charge in [-0.25, -0.2) is 12.8 Å². The number of hydrogen-bond donors (Lipinski definition) is 0. The summed E-state index contributed by atoms with van der Waals surface area (Å²) < 4.78 is 40.7. The van der Waals surface area contributed by atoms with Crippen LogP contribution < -0.4 is 4.74 Å². The first-order valence-electron chi connectivity index (χ1n) is 4.88. The van der Waals surface area contributed by atoms with Crippen LogP contribution in [-0.4, -0.2) is 20.8 Å². The molecule has 0 bridgehead atoms. The highest BCUT2D eigenvalue weighted by molar-refractivity contribution is 9.10. The summed E-state index contributed by atoms with van der Waals surface area (Å²) in [6.45, 7) is 1.77. The van der Waals surface area contributed by atoms with Crippen LogP contribution in [0, 0.1) is 11.7 Å². The quantitative estimate of drug-likeness (QED) is 0.576. The maximum absolute atomic E-state index is 13.2. The van der Waals surface area contributed by atoms with E-state index in [2.05, 4.69) is 15.9 Å². The van der Waals surface area contributed by atoms with Crippen molar-refractivity contribution in [3.8, 4) is 5.75 Å². The van der Waals surface area contributed by atoms with Crippen molar-refractivity contribution >= 4 is 47.3 Å². The molecule has 0 N–H and O–H groups in total. The zero-order valence-corrected chi connectivity index (χ0v) is 13.2. The minimum Gasteiger partial charge on any atom is -0.492 e. The fourth-order valence-electron chi connectivity index (χ4n) is 1.23. The summed E-state index contributed by atoms with van der Waals surface area (Å²) in [6, 6.07) is 2.50. The molecule has 0 heterocycles. The average Bonchev–Trinajstić information content (AvgIpc) is 2.19. The highest BCUT2D eigenvalue weighted by Crippen LogP contribution is 2.30. The molecule has 1 atom stereocenters. The summed E-state index contributed by atoms with van der Waals surface area (Å²) in [5.74, 6) is -0.858. The maximum Gasteiger partial charge on any atom is 0.232 e. The van der Waals surface area contributed by atoms with E-state index in [0.717, 1.165) is 6.07 Å². The van der Waals surface area contributed by atoms with Crippen LogP contribution in [0.4, 0.5) is 4.39 Å². The molecule has 1 aromatic carbocycles. The molecule has 3 nitrogen and oxygen atoms in total. The van der Waals surface area contributed by atoms with E-state index in [-0.39, 0.29) is 29.0 Å². The Balaban J connectivity index is 2.67. The van der Waals surface area contributed by atoms with Gasteiger partial charge < -0.3 is 4.74 Å². The maximum atomic E-state index is 13.2. The van der Waals surface area contributed by atoms with E-state index in [1.54, 1.807) is 6.92 Å². The molecule has 8 heteroatoms. The fourth-order valence-corrected chi connectivity index (χ4v) is 3.41. The second-order valence-electron chi connectivity index (χ2n) is 3.82. The van der Waals surface area contributed by atoms with Crippen LogP contribution in [0.25, 0.3) is 0 Å². The zero-order valence-electron chi connectivity index (χ0n) is 9.29. The Bertz CT molecular complexity index is 536. The van der Waals surface area contributed by atoms with Crippen molar-refractivity contribution in [3.63, 3.8) is 0 Å². The third-order valence-electron chi connectivity index (χ3n) is 1.98. The molecule has 0 radical (unpaired) electrons. The molecule has 0 aliphatic heterocycles. The molecule has 0 aliphatic rings. The summed E-state index contributed by atoms with van der Waals surface area (Å²) in [6.07, 6.45) is 0. The Morgan fingerprint density at radius 3 is 2.67 bits per heavy atom. The second-order valence-corrected chi connectivity index (χ2v) is 7.90. The molecular weight excluding hydrogens is 370 g/mol. The minimum atomic E-state index is -3.57. The molecular formula is C10H10BrCl2FO3S. The van der Waals surface area contributed by atoms with Crippen LogP contribution >= 0.6 is 38.2 Å². The molecule has 0 aliphatic carbocycles. The highest BCUT2D eigenvalue weighted by atomic mass is 79.9. The first kappa shape index (κ1) is 16.0. The number of ether oxygens (including phenoxy) is 1. The largest absolute Gasteiger partial charge is 0.492 e. The van der Waals surface area contributed by atoms with Crippen LogP contribution in [-0.2, 0) is 9.05 Å². The van der Waals surface area contributed by atoms with Crippen LogP contribution in [0.3, 0.4) is 0 Å². The number of halogens is 4. The molecule has 102 valence electrons. The lowest BCUT2D eigenvalue weighted by molar-refractivity contribution is 0.269. The number of hydrogen-bond acceptors (Lipinski definition) is 3. The molecule has 0 amide bonds. The summed E-state index contributed by atoms with van der Waals surface area (Å²) in [7, 11) is 1.55. The zero-order chi connectivity index (χ0) is 13.9. The molecule has 0 spiro atoms. The van der Waals surface area contributed by atoms with Crippen molar-refractivity contribution < 1.29 is 17.5 Å². The van der Waals surface area contributed by atoms with E-state index in [0.29, 0.717) is 4.47 Å². The van der Waals surface area contributed by atoms with E-state index >= 15 is 0 Å². The van der Waals surface area contributed by atoms with Crippen molar-refractivity contribution in [1.82, 2.24) is 0 Å². The third-order valence-corrected chi connectivity index (χ3v) is 4.24. The van der Waals surface area contributed by atoms with Gasteiger partial charge >= 0.3 is 0 Å². The van der Waals surface area contributed by atoms with Crippen molar-refractivity contribution in [2.45, 2.75) is 6.92 Å². The molecule has 0 saturated heterocycles. The van der Waals surface area contributed by atoms with Gasteiger partial charge in [0, 0.05) is 22.7 Å². The Labute approximate surface area is 123 Å². The van der Waals surface area contributed by atoms with Gasteiger partial charge in [-0.15, -0.1) is 0 Å². The molecule has 0 aromatic heterocycles. The topological polar surface area (TPSA) is 43.4 Å². The molecule has 0 saturated carbocycles. The van der Waals surface area contributed by atoms with E-state index in [1.807, 2.05) is 0 Å². The van der Waals surface area contributed by atoms with Gasteiger partial charge in [-0.3, -0.25) is 0 Å². The summed E-state index contributed by atoms with van der Waals surface area (Å²) in [5, 5.41) is -0.0226. The molecule has 1 aromatic rings. The SMILES string of the molecule is CC(COc1cc(F)c(Cl)cc1Br)CS(=O)(=O)Cl. The van der Waals surface area contributed by atoms with Gasteiger partial charge in [-0.1, -0.05) is 18.5 Å². The van der Waals surface area contributed by atoms with Crippen molar-refractivity contribution in [2.75, 3.05) is 12.4 Å². The van der Waals surface area contributed by atoms with Gasteiger partial charge in [0.15, 0.2) is 0 Å². The van der Waals surface area contributed by atoms with Crippen molar-refractivity contribution in [1.29, 1.82) is 0 Å². The van der Waals surface area contributed by atoms with Gasteiger partial charge in [-0.2, -0.15) is 0 Å². The standard InChI is InChI=1S/C10H10BrCl2FO3S/c1-6(5-18(13,15)16)4-17-10-3-9(14)8(12)2-7(10)11/h2-3,6H,4-5H2,1H3. The molecule has 1 rings (SSSR count). The monoisotopic (exact) mass is 378 g/mol. The predicted molar refractivity (Wildman–Crippen MR) is 73.4 cm³/mol. The van der Waals surface area contributed by atoms with E-state index in [4.69, 9.17) is 27.0 Å². The lowest BCUT2D eigenvalue weighted by atomic mass is 10.2. The molecule has 18 heavy (non-hydrogen) atoms. The Hall–Kier alpha value is -0.0400. The summed E-state index contributed by atoms with van der Waals surface area (Å²) in [4.78, 5) is 0. The average molecular weight is 380 g/mol. The highest BCUT2D eigenvalue weighted by Gasteiger charge is 2.15. The first-order valence-corrected chi connectivity index (χ1v) is 8.53. The van der Waals surface area contributed by atoms with Crippen LogP contribution in [0.5, 0.6) is 5.75 Å². The third kappa shape index (κ3) is 5.30. The van der Waals surface area contributed by atoms with Crippen LogP contribution in [0.2, 0.25) is 5.02 Å². The first-order chi connectivity index (χ1) is 8.19. The van der Waals surface area contributed by atoms with Crippen molar-refractivity contribution in [3.05, 3.63) is 27.4 Å². The molecule has 0 fully saturated rings.